The molecule has 0 fully saturated rings. The highest BCUT2D eigenvalue weighted by Gasteiger charge is 1.97. The SMILES string of the molecule is C[CH]CCCCCC(C)C#N. The van der Waals surface area contributed by atoms with Gasteiger partial charge in [-0.25, -0.2) is 0 Å². The third kappa shape index (κ3) is 7.39. The predicted octanol–water partition coefficient (Wildman–Crippen LogP) is 3.32. The number of nitriles is 1. The molecule has 1 heteroatoms. The van der Waals surface area contributed by atoms with Crippen LogP contribution in [0.15, 0.2) is 0 Å². The third-order valence-electron chi connectivity index (χ3n) is 1.85. The minimum absolute atomic E-state index is 0.251. The molecule has 11 heavy (non-hydrogen) atoms. The highest BCUT2D eigenvalue weighted by molar-refractivity contribution is 4.77. The van der Waals surface area contributed by atoms with E-state index in [1.807, 2.05) is 6.92 Å². The first kappa shape index (κ1) is 10.5. The van der Waals surface area contributed by atoms with Crippen LogP contribution in [-0.4, -0.2) is 0 Å². The molecule has 0 saturated carbocycles. The highest BCUT2D eigenvalue weighted by Crippen LogP contribution is 2.09. The maximum absolute atomic E-state index is 8.48. The van der Waals surface area contributed by atoms with Gasteiger partial charge in [-0.3, -0.25) is 0 Å². The lowest BCUT2D eigenvalue weighted by Gasteiger charge is -2.00. The summed E-state index contributed by atoms with van der Waals surface area (Å²) in [5, 5.41) is 8.48. The summed E-state index contributed by atoms with van der Waals surface area (Å²) in [7, 11) is 0. The van der Waals surface area contributed by atoms with Crippen molar-refractivity contribution >= 4 is 0 Å². The van der Waals surface area contributed by atoms with Crippen LogP contribution in [-0.2, 0) is 0 Å². The molecule has 0 aromatic carbocycles. The monoisotopic (exact) mass is 152 g/mol. The first-order valence-corrected chi connectivity index (χ1v) is 4.48. The summed E-state index contributed by atoms with van der Waals surface area (Å²) in [6, 6.07) is 2.25. The van der Waals surface area contributed by atoms with E-state index in [9.17, 15) is 0 Å². The maximum Gasteiger partial charge on any atom is 0.0652 e. The minimum Gasteiger partial charge on any atom is -0.198 e. The van der Waals surface area contributed by atoms with E-state index < -0.39 is 0 Å². The van der Waals surface area contributed by atoms with Crippen molar-refractivity contribution < 1.29 is 0 Å². The standard InChI is InChI=1S/C10H18N/c1-3-4-5-6-7-8-10(2)9-11/h3,10H,4-8H2,1-2H3. The summed E-state index contributed by atoms with van der Waals surface area (Å²) in [5.41, 5.74) is 0. The first-order valence-electron chi connectivity index (χ1n) is 4.48. The van der Waals surface area contributed by atoms with E-state index in [1.165, 1.54) is 25.7 Å². The molecule has 0 amide bonds. The summed E-state index contributed by atoms with van der Waals surface area (Å²) in [6.45, 7) is 4.09. The Balaban J connectivity index is 2.97. The van der Waals surface area contributed by atoms with Crippen molar-refractivity contribution in [3.8, 4) is 6.07 Å². The lowest BCUT2D eigenvalue weighted by molar-refractivity contribution is 0.570. The Morgan fingerprint density at radius 2 is 2.09 bits per heavy atom. The summed E-state index contributed by atoms with van der Waals surface area (Å²) in [4.78, 5) is 0. The lowest BCUT2D eigenvalue weighted by atomic mass is 10.0. The van der Waals surface area contributed by atoms with Crippen molar-refractivity contribution in [3.63, 3.8) is 0 Å². The van der Waals surface area contributed by atoms with Gasteiger partial charge in [0.05, 0.1) is 6.07 Å². The zero-order valence-corrected chi connectivity index (χ0v) is 7.64. The Morgan fingerprint density at radius 3 is 2.64 bits per heavy atom. The second-order valence-corrected chi connectivity index (χ2v) is 3.08. The predicted molar refractivity (Wildman–Crippen MR) is 47.8 cm³/mol. The Bertz CT molecular complexity index is 113. The van der Waals surface area contributed by atoms with Gasteiger partial charge in [-0.05, 0) is 19.8 Å². The van der Waals surface area contributed by atoms with Crippen molar-refractivity contribution in [1.82, 2.24) is 0 Å². The van der Waals surface area contributed by atoms with E-state index >= 15 is 0 Å². The van der Waals surface area contributed by atoms with Crippen LogP contribution in [0.1, 0.15) is 46.0 Å². The van der Waals surface area contributed by atoms with Gasteiger partial charge in [-0.15, -0.1) is 0 Å². The number of hydrogen-bond acceptors (Lipinski definition) is 1. The molecule has 0 bridgehead atoms. The van der Waals surface area contributed by atoms with Crippen molar-refractivity contribution in [3.05, 3.63) is 6.42 Å². The van der Waals surface area contributed by atoms with Crippen LogP contribution in [0.3, 0.4) is 0 Å². The number of nitrogens with zero attached hydrogens (tertiary/aromatic N) is 1. The van der Waals surface area contributed by atoms with Crippen molar-refractivity contribution in [2.75, 3.05) is 0 Å². The molecule has 0 aromatic rings. The minimum atomic E-state index is 0.251. The highest BCUT2D eigenvalue weighted by atomic mass is 14.3. The number of unbranched alkanes of at least 4 members (excludes halogenated alkanes) is 4. The molecular weight excluding hydrogens is 134 g/mol. The van der Waals surface area contributed by atoms with Gasteiger partial charge in [-0.1, -0.05) is 32.6 Å². The molecule has 0 aliphatic heterocycles. The van der Waals surface area contributed by atoms with E-state index in [4.69, 9.17) is 5.26 Å². The second-order valence-electron chi connectivity index (χ2n) is 3.08. The lowest BCUT2D eigenvalue weighted by Crippen LogP contribution is -1.89. The molecule has 1 unspecified atom stereocenters. The van der Waals surface area contributed by atoms with Crippen molar-refractivity contribution in [2.24, 2.45) is 5.92 Å². The molecule has 63 valence electrons. The zero-order valence-electron chi connectivity index (χ0n) is 7.64. The number of rotatable bonds is 6. The van der Waals surface area contributed by atoms with E-state index in [2.05, 4.69) is 19.4 Å². The van der Waals surface area contributed by atoms with Gasteiger partial charge >= 0.3 is 0 Å². The van der Waals surface area contributed by atoms with Crippen LogP contribution in [0.2, 0.25) is 0 Å². The van der Waals surface area contributed by atoms with E-state index in [-0.39, 0.29) is 5.92 Å². The molecule has 0 aliphatic carbocycles. The van der Waals surface area contributed by atoms with Gasteiger partial charge in [0, 0.05) is 5.92 Å². The quantitative estimate of drug-likeness (QED) is 0.535. The molecule has 0 spiro atoms. The fourth-order valence-electron chi connectivity index (χ4n) is 1.04. The van der Waals surface area contributed by atoms with Gasteiger partial charge in [-0.2, -0.15) is 5.26 Å². The van der Waals surface area contributed by atoms with Gasteiger partial charge in [0.1, 0.15) is 0 Å². The van der Waals surface area contributed by atoms with E-state index in [1.54, 1.807) is 0 Å². The van der Waals surface area contributed by atoms with Crippen LogP contribution < -0.4 is 0 Å². The van der Waals surface area contributed by atoms with Gasteiger partial charge in [0.15, 0.2) is 0 Å². The maximum atomic E-state index is 8.48. The summed E-state index contributed by atoms with van der Waals surface area (Å²) < 4.78 is 0. The van der Waals surface area contributed by atoms with Crippen LogP contribution in [0.5, 0.6) is 0 Å². The molecule has 1 nitrogen and oxygen atoms in total. The van der Waals surface area contributed by atoms with Crippen LogP contribution in [0, 0.1) is 23.7 Å². The first-order chi connectivity index (χ1) is 5.31. The van der Waals surface area contributed by atoms with Gasteiger partial charge in [0.25, 0.3) is 0 Å². The van der Waals surface area contributed by atoms with E-state index in [0.717, 1.165) is 6.42 Å². The Morgan fingerprint density at radius 1 is 1.36 bits per heavy atom. The Hall–Kier alpha value is -0.510. The number of hydrogen-bond donors (Lipinski definition) is 0. The van der Waals surface area contributed by atoms with Crippen LogP contribution >= 0.6 is 0 Å². The largest absolute Gasteiger partial charge is 0.198 e. The average Bonchev–Trinajstić information content (AvgIpc) is 2.04. The molecular formula is C10H18N. The zero-order chi connectivity index (χ0) is 8.53. The molecule has 1 atom stereocenters. The normalized spacial score (nSPS) is 12.5. The van der Waals surface area contributed by atoms with Gasteiger partial charge in [0.2, 0.25) is 0 Å². The molecule has 1 radical (unpaired) electrons. The van der Waals surface area contributed by atoms with E-state index in [0.29, 0.717) is 0 Å². The van der Waals surface area contributed by atoms with Crippen LogP contribution in [0.25, 0.3) is 0 Å². The fourth-order valence-corrected chi connectivity index (χ4v) is 1.04. The summed E-state index contributed by atoms with van der Waals surface area (Å²) >= 11 is 0. The van der Waals surface area contributed by atoms with Crippen molar-refractivity contribution in [2.45, 2.75) is 46.0 Å². The molecule has 0 aliphatic rings. The smallest absolute Gasteiger partial charge is 0.0652 e. The molecule has 0 N–H and O–H groups in total. The molecule has 0 heterocycles. The van der Waals surface area contributed by atoms with Crippen molar-refractivity contribution in [1.29, 1.82) is 5.26 Å². The molecule has 0 saturated heterocycles. The fraction of sp³-hybridized carbons (Fsp3) is 0.800. The molecule has 0 rings (SSSR count). The topological polar surface area (TPSA) is 23.8 Å². The summed E-state index contributed by atoms with van der Waals surface area (Å²) in [6.07, 6.45) is 8.27. The Labute approximate surface area is 70.4 Å². The van der Waals surface area contributed by atoms with Crippen LogP contribution in [0.4, 0.5) is 0 Å². The van der Waals surface area contributed by atoms with Gasteiger partial charge < -0.3 is 0 Å². The Kier molecular flexibility index (Phi) is 7.24. The second kappa shape index (κ2) is 7.60. The third-order valence-corrected chi connectivity index (χ3v) is 1.85. The summed E-state index contributed by atoms with van der Waals surface area (Å²) in [5.74, 6) is 0.251. The average molecular weight is 152 g/mol. The molecule has 0 aromatic heterocycles.